The van der Waals surface area contributed by atoms with Crippen molar-refractivity contribution in [2.24, 2.45) is 12.8 Å². The fraction of sp³-hybridized carbons (Fsp3) is 0.235. The Hall–Kier alpha value is -2.66. The molecule has 0 amide bonds. The third-order valence-corrected chi connectivity index (χ3v) is 4.27. The number of hydrogen-bond acceptors (Lipinski definition) is 5. The fourth-order valence-corrected chi connectivity index (χ4v) is 2.68. The van der Waals surface area contributed by atoms with Gasteiger partial charge in [0.15, 0.2) is 5.82 Å². The number of carboxylic acid groups (broad SMARTS) is 1. The summed E-state index contributed by atoms with van der Waals surface area (Å²) in [6.07, 6.45) is -5.08. The number of rotatable bonds is 3. The van der Waals surface area contributed by atoms with Crippen LogP contribution in [0, 0.1) is 0 Å². The standard InChI is InChI=1S/C15H15BrN4O.C2HF3O2/c1-9(17)14-18-15(21-19-14)13-8-7-12(20(13)2)10-5-3-4-6-11(10)16;3-2(4,5)1(6)7/h3-9H,17H2,1-2H3;(H,6,7). The number of carboxylic acids is 1. The van der Waals surface area contributed by atoms with Crippen molar-refractivity contribution in [2.75, 3.05) is 0 Å². The normalized spacial score (nSPS) is 12.2. The molecule has 2 aromatic heterocycles. The minimum atomic E-state index is -5.08. The van der Waals surface area contributed by atoms with Gasteiger partial charge >= 0.3 is 12.1 Å². The molecule has 0 aliphatic carbocycles. The fourth-order valence-electron chi connectivity index (χ4n) is 2.19. The van der Waals surface area contributed by atoms with Gasteiger partial charge in [-0.2, -0.15) is 18.2 Å². The lowest BCUT2D eigenvalue weighted by atomic mass is 10.1. The summed E-state index contributed by atoms with van der Waals surface area (Å²) in [5, 5.41) is 11.0. The van der Waals surface area contributed by atoms with E-state index < -0.39 is 12.1 Å². The van der Waals surface area contributed by atoms with E-state index in [-0.39, 0.29) is 6.04 Å². The van der Waals surface area contributed by atoms with Crippen LogP contribution in [0.2, 0.25) is 0 Å². The maximum absolute atomic E-state index is 10.6. The summed E-state index contributed by atoms with van der Waals surface area (Å²) in [5.74, 6) is -1.77. The molecule has 7 nitrogen and oxygen atoms in total. The number of aromatic nitrogens is 3. The van der Waals surface area contributed by atoms with Crippen molar-refractivity contribution in [3.05, 3.63) is 46.7 Å². The summed E-state index contributed by atoms with van der Waals surface area (Å²) in [7, 11) is 1.97. The number of carbonyl (C=O) groups is 1. The van der Waals surface area contributed by atoms with E-state index in [0.717, 1.165) is 21.4 Å². The van der Waals surface area contributed by atoms with E-state index >= 15 is 0 Å². The van der Waals surface area contributed by atoms with Crippen LogP contribution in [0.3, 0.4) is 0 Å². The first-order valence-electron chi connectivity index (χ1n) is 7.82. The molecule has 2 heterocycles. The third-order valence-electron chi connectivity index (χ3n) is 3.58. The van der Waals surface area contributed by atoms with Gasteiger partial charge in [0.25, 0.3) is 5.89 Å². The van der Waals surface area contributed by atoms with Gasteiger partial charge in [0.2, 0.25) is 0 Å². The second-order valence-corrected chi connectivity index (χ2v) is 6.55. The average Bonchev–Trinajstić information content (AvgIpc) is 3.22. The molecule has 1 unspecified atom stereocenters. The van der Waals surface area contributed by atoms with Crippen LogP contribution in [0.4, 0.5) is 13.2 Å². The number of hydrogen-bond donors (Lipinski definition) is 2. The Balaban J connectivity index is 0.000000345. The maximum Gasteiger partial charge on any atom is 0.490 e. The van der Waals surface area contributed by atoms with E-state index in [1.807, 2.05) is 48.9 Å². The highest BCUT2D eigenvalue weighted by Crippen LogP contribution is 2.31. The molecule has 0 saturated heterocycles. The Bertz CT molecular complexity index is 967. The maximum atomic E-state index is 10.6. The molecule has 3 aromatic rings. The molecule has 0 aliphatic heterocycles. The van der Waals surface area contributed by atoms with E-state index in [0.29, 0.717) is 11.7 Å². The van der Waals surface area contributed by atoms with Crippen molar-refractivity contribution in [3.8, 4) is 22.8 Å². The van der Waals surface area contributed by atoms with E-state index in [1.54, 1.807) is 0 Å². The minimum Gasteiger partial charge on any atom is -0.475 e. The van der Waals surface area contributed by atoms with Crippen molar-refractivity contribution >= 4 is 21.9 Å². The number of nitrogens with zero attached hydrogens (tertiary/aromatic N) is 3. The molecular formula is C17H16BrF3N4O3. The zero-order valence-electron chi connectivity index (χ0n) is 14.7. The summed E-state index contributed by atoms with van der Waals surface area (Å²) in [5.41, 5.74) is 8.80. The molecule has 11 heteroatoms. The second-order valence-electron chi connectivity index (χ2n) is 5.69. The summed E-state index contributed by atoms with van der Waals surface area (Å²) >= 11 is 3.57. The minimum absolute atomic E-state index is 0.245. The quantitative estimate of drug-likeness (QED) is 0.607. The molecule has 1 atom stereocenters. The first kappa shape index (κ1) is 21.6. The van der Waals surface area contributed by atoms with Gasteiger partial charge in [-0.05, 0) is 25.1 Å². The zero-order chi connectivity index (χ0) is 21.1. The van der Waals surface area contributed by atoms with E-state index in [4.69, 9.17) is 20.2 Å². The van der Waals surface area contributed by atoms with Gasteiger partial charge in [-0.3, -0.25) is 0 Å². The predicted octanol–water partition coefficient (Wildman–Crippen LogP) is 4.16. The van der Waals surface area contributed by atoms with Gasteiger partial charge in [0.05, 0.1) is 6.04 Å². The molecule has 3 rings (SSSR count). The molecule has 0 bridgehead atoms. The Morgan fingerprint density at radius 1 is 1.25 bits per heavy atom. The lowest BCUT2D eigenvalue weighted by Crippen LogP contribution is -2.21. The van der Waals surface area contributed by atoms with Gasteiger partial charge in [0.1, 0.15) is 5.69 Å². The van der Waals surface area contributed by atoms with Crippen LogP contribution in [0.15, 0.2) is 45.4 Å². The van der Waals surface area contributed by atoms with Gasteiger partial charge in [-0.25, -0.2) is 4.79 Å². The number of nitrogens with two attached hydrogens (primary N) is 1. The first-order chi connectivity index (χ1) is 13.0. The Morgan fingerprint density at radius 2 is 1.82 bits per heavy atom. The highest BCUT2D eigenvalue weighted by atomic mass is 79.9. The molecule has 150 valence electrons. The van der Waals surface area contributed by atoms with Crippen molar-refractivity contribution < 1.29 is 27.6 Å². The largest absolute Gasteiger partial charge is 0.490 e. The smallest absolute Gasteiger partial charge is 0.475 e. The Morgan fingerprint density at radius 3 is 2.32 bits per heavy atom. The Labute approximate surface area is 166 Å². The zero-order valence-corrected chi connectivity index (χ0v) is 16.3. The molecule has 0 saturated carbocycles. The van der Waals surface area contributed by atoms with Crippen LogP contribution in [0.1, 0.15) is 18.8 Å². The van der Waals surface area contributed by atoms with Crippen LogP contribution in [-0.2, 0) is 11.8 Å². The number of alkyl halides is 3. The lowest BCUT2D eigenvalue weighted by Gasteiger charge is -2.07. The monoisotopic (exact) mass is 460 g/mol. The summed E-state index contributed by atoms with van der Waals surface area (Å²) in [6, 6.07) is 11.8. The summed E-state index contributed by atoms with van der Waals surface area (Å²) < 4.78 is 40.1. The van der Waals surface area contributed by atoms with Crippen LogP contribution in [0.25, 0.3) is 22.8 Å². The molecule has 28 heavy (non-hydrogen) atoms. The first-order valence-corrected chi connectivity index (χ1v) is 8.62. The van der Waals surface area contributed by atoms with Gasteiger partial charge in [0, 0.05) is 22.8 Å². The van der Waals surface area contributed by atoms with Crippen LogP contribution >= 0.6 is 15.9 Å². The van der Waals surface area contributed by atoms with Gasteiger partial charge in [-0.1, -0.05) is 39.3 Å². The van der Waals surface area contributed by atoms with Crippen LogP contribution in [-0.4, -0.2) is 32.0 Å². The van der Waals surface area contributed by atoms with Crippen molar-refractivity contribution in [1.29, 1.82) is 0 Å². The average molecular weight is 461 g/mol. The molecule has 0 fully saturated rings. The van der Waals surface area contributed by atoms with E-state index in [1.165, 1.54) is 0 Å². The Kier molecular flexibility index (Phi) is 6.62. The van der Waals surface area contributed by atoms with Crippen LogP contribution in [0.5, 0.6) is 0 Å². The number of halogens is 4. The van der Waals surface area contributed by atoms with E-state index in [2.05, 4.69) is 32.1 Å². The third kappa shape index (κ3) is 4.98. The molecule has 1 aromatic carbocycles. The molecule has 0 spiro atoms. The lowest BCUT2D eigenvalue weighted by molar-refractivity contribution is -0.192. The van der Waals surface area contributed by atoms with Gasteiger partial charge in [-0.15, -0.1) is 0 Å². The SMILES string of the molecule is CC(N)c1noc(-c2ccc(-c3ccccc3Br)n2C)n1.O=C(O)C(F)(F)F. The summed E-state index contributed by atoms with van der Waals surface area (Å²) in [6.45, 7) is 1.83. The molecule has 0 aliphatic rings. The van der Waals surface area contributed by atoms with Crippen LogP contribution < -0.4 is 5.73 Å². The number of aliphatic carboxylic acids is 1. The number of benzene rings is 1. The molecule has 3 N–H and O–H groups in total. The van der Waals surface area contributed by atoms with Crippen molar-refractivity contribution in [2.45, 2.75) is 19.1 Å². The highest BCUT2D eigenvalue weighted by Gasteiger charge is 2.38. The highest BCUT2D eigenvalue weighted by molar-refractivity contribution is 9.10. The second kappa shape index (κ2) is 8.57. The van der Waals surface area contributed by atoms with E-state index in [9.17, 15) is 13.2 Å². The van der Waals surface area contributed by atoms with Gasteiger partial charge < -0.3 is 19.9 Å². The molecule has 0 radical (unpaired) electrons. The summed E-state index contributed by atoms with van der Waals surface area (Å²) in [4.78, 5) is 13.2. The predicted molar refractivity (Wildman–Crippen MR) is 98.1 cm³/mol. The topological polar surface area (TPSA) is 107 Å². The van der Waals surface area contributed by atoms with Crippen molar-refractivity contribution in [3.63, 3.8) is 0 Å². The molecular weight excluding hydrogens is 445 g/mol. The van der Waals surface area contributed by atoms with Crippen molar-refractivity contribution in [1.82, 2.24) is 14.7 Å².